The molecule has 5 heteroatoms. The van der Waals surface area contributed by atoms with Crippen molar-refractivity contribution in [3.05, 3.63) is 30.6 Å². The van der Waals surface area contributed by atoms with Crippen LogP contribution in [0.3, 0.4) is 0 Å². The maximum Gasteiger partial charge on any atom is 0.227 e. The average molecular weight is 258 g/mol. The van der Waals surface area contributed by atoms with Crippen molar-refractivity contribution in [3.63, 3.8) is 0 Å². The van der Waals surface area contributed by atoms with Crippen molar-refractivity contribution >= 4 is 22.6 Å². The summed E-state index contributed by atoms with van der Waals surface area (Å²) < 4.78 is 0. The Bertz CT molecular complexity index is 570. The zero-order valence-corrected chi connectivity index (χ0v) is 11.0. The first kappa shape index (κ1) is 13.4. The number of rotatable bonds is 5. The van der Waals surface area contributed by atoms with Crippen molar-refractivity contribution in [2.45, 2.75) is 19.8 Å². The zero-order valence-electron chi connectivity index (χ0n) is 11.0. The first-order valence-corrected chi connectivity index (χ1v) is 6.42. The minimum Gasteiger partial charge on any atom is -0.330 e. The number of anilines is 1. The van der Waals surface area contributed by atoms with E-state index >= 15 is 0 Å². The number of benzene rings is 1. The molecule has 1 aromatic heterocycles. The monoisotopic (exact) mass is 258 g/mol. The molecule has 5 nitrogen and oxygen atoms in total. The van der Waals surface area contributed by atoms with Crippen LogP contribution in [0.25, 0.3) is 11.0 Å². The Kier molecular flexibility index (Phi) is 4.41. The van der Waals surface area contributed by atoms with Crippen LogP contribution >= 0.6 is 0 Å². The number of fused-ring (bicyclic) bond motifs is 1. The van der Waals surface area contributed by atoms with E-state index in [1.807, 2.05) is 25.1 Å². The molecule has 1 unspecified atom stereocenters. The molecule has 1 heterocycles. The quantitative estimate of drug-likeness (QED) is 0.858. The molecule has 1 atom stereocenters. The predicted molar refractivity (Wildman–Crippen MR) is 75.6 cm³/mol. The summed E-state index contributed by atoms with van der Waals surface area (Å²) in [6.07, 6.45) is 4.95. The van der Waals surface area contributed by atoms with E-state index in [4.69, 9.17) is 5.73 Å². The third-order valence-electron chi connectivity index (χ3n) is 3.03. The summed E-state index contributed by atoms with van der Waals surface area (Å²) in [7, 11) is 0. The summed E-state index contributed by atoms with van der Waals surface area (Å²) in [5, 5.41) is 2.90. The molecule has 3 N–H and O–H groups in total. The van der Waals surface area contributed by atoms with Crippen LogP contribution in [-0.2, 0) is 4.79 Å². The molecule has 0 bridgehead atoms. The summed E-state index contributed by atoms with van der Waals surface area (Å²) in [6.45, 7) is 2.52. The molecule has 0 saturated carbocycles. The Labute approximate surface area is 112 Å². The van der Waals surface area contributed by atoms with Gasteiger partial charge < -0.3 is 11.1 Å². The number of nitrogens with one attached hydrogen (secondary N) is 1. The summed E-state index contributed by atoms with van der Waals surface area (Å²) in [6, 6.07) is 5.52. The van der Waals surface area contributed by atoms with E-state index in [1.54, 1.807) is 12.4 Å². The number of nitrogens with two attached hydrogens (primary N) is 1. The van der Waals surface area contributed by atoms with E-state index in [2.05, 4.69) is 15.3 Å². The molecular formula is C14H18N4O. The maximum atomic E-state index is 12.0. The molecule has 0 aliphatic rings. The minimum atomic E-state index is -0.0406. The fourth-order valence-corrected chi connectivity index (χ4v) is 1.86. The van der Waals surface area contributed by atoms with Gasteiger partial charge in [0.1, 0.15) is 0 Å². The minimum absolute atomic E-state index is 0.0108. The molecule has 19 heavy (non-hydrogen) atoms. The molecule has 0 saturated heterocycles. The van der Waals surface area contributed by atoms with Gasteiger partial charge in [0, 0.05) is 24.0 Å². The molecule has 0 aliphatic carbocycles. The molecule has 1 amide bonds. The van der Waals surface area contributed by atoms with Gasteiger partial charge in [0.15, 0.2) is 0 Å². The van der Waals surface area contributed by atoms with Crippen LogP contribution in [0.15, 0.2) is 30.6 Å². The summed E-state index contributed by atoms with van der Waals surface area (Å²) in [4.78, 5) is 20.4. The van der Waals surface area contributed by atoms with Crippen molar-refractivity contribution in [3.8, 4) is 0 Å². The highest BCUT2D eigenvalue weighted by Crippen LogP contribution is 2.16. The fraction of sp³-hybridized carbons (Fsp3) is 0.357. The van der Waals surface area contributed by atoms with Crippen LogP contribution in [0.4, 0.5) is 5.69 Å². The highest BCUT2D eigenvalue weighted by molar-refractivity contribution is 5.94. The first-order valence-electron chi connectivity index (χ1n) is 6.42. The second-order valence-corrected chi connectivity index (χ2v) is 4.58. The predicted octanol–water partition coefficient (Wildman–Crippen LogP) is 1.94. The molecule has 2 rings (SSSR count). The van der Waals surface area contributed by atoms with Crippen LogP contribution in [0.2, 0.25) is 0 Å². The van der Waals surface area contributed by atoms with Crippen LogP contribution < -0.4 is 11.1 Å². The molecule has 0 radical (unpaired) electrons. The van der Waals surface area contributed by atoms with Crippen molar-refractivity contribution in [2.24, 2.45) is 11.7 Å². The standard InChI is InChI=1S/C14H18N4O/c1-10(3-2-6-15)14(19)18-11-4-5-12-13(9-11)17-8-7-16-12/h4-5,7-10H,2-3,6,15H2,1H3,(H,18,19). The first-order chi connectivity index (χ1) is 9.20. The number of nitrogens with zero attached hydrogens (tertiary/aromatic N) is 2. The van der Waals surface area contributed by atoms with Crippen molar-refractivity contribution < 1.29 is 4.79 Å². The van der Waals surface area contributed by atoms with Crippen LogP contribution in [-0.4, -0.2) is 22.4 Å². The van der Waals surface area contributed by atoms with E-state index < -0.39 is 0 Å². The Morgan fingerprint density at radius 1 is 1.32 bits per heavy atom. The third kappa shape index (κ3) is 3.48. The van der Waals surface area contributed by atoms with E-state index in [0.717, 1.165) is 29.6 Å². The molecule has 0 spiro atoms. The van der Waals surface area contributed by atoms with Crippen molar-refractivity contribution in [1.82, 2.24) is 9.97 Å². The van der Waals surface area contributed by atoms with Gasteiger partial charge in [-0.25, -0.2) is 0 Å². The van der Waals surface area contributed by atoms with Crippen molar-refractivity contribution in [2.75, 3.05) is 11.9 Å². The van der Waals surface area contributed by atoms with Crippen LogP contribution in [0.1, 0.15) is 19.8 Å². The van der Waals surface area contributed by atoms with Gasteiger partial charge in [-0.05, 0) is 37.6 Å². The lowest BCUT2D eigenvalue weighted by molar-refractivity contribution is -0.119. The average Bonchev–Trinajstić information content (AvgIpc) is 2.44. The van der Waals surface area contributed by atoms with Gasteiger partial charge in [-0.15, -0.1) is 0 Å². The fourth-order valence-electron chi connectivity index (χ4n) is 1.86. The Morgan fingerprint density at radius 3 is 2.79 bits per heavy atom. The van der Waals surface area contributed by atoms with Gasteiger partial charge in [0.25, 0.3) is 0 Å². The second kappa shape index (κ2) is 6.24. The maximum absolute atomic E-state index is 12.0. The lowest BCUT2D eigenvalue weighted by atomic mass is 10.0. The Balaban J connectivity index is 2.06. The number of amides is 1. The van der Waals surface area contributed by atoms with Crippen LogP contribution in [0, 0.1) is 5.92 Å². The normalized spacial score (nSPS) is 12.3. The summed E-state index contributed by atoms with van der Waals surface area (Å²) >= 11 is 0. The van der Waals surface area contributed by atoms with E-state index in [0.29, 0.717) is 6.54 Å². The molecule has 100 valence electrons. The lowest BCUT2D eigenvalue weighted by Gasteiger charge is -2.11. The van der Waals surface area contributed by atoms with Gasteiger partial charge in [0.05, 0.1) is 11.0 Å². The van der Waals surface area contributed by atoms with E-state index in [9.17, 15) is 4.79 Å². The van der Waals surface area contributed by atoms with E-state index in [1.165, 1.54) is 0 Å². The molecule has 1 aromatic carbocycles. The van der Waals surface area contributed by atoms with Crippen molar-refractivity contribution in [1.29, 1.82) is 0 Å². The Hall–Kier alpha value is -2.01. The van der Waals surface area contributed by atoms with Gasteiger partial charge >= 0.3 is 0 Å². The number of carbonyl (C=O) groups excluding carboxylic acids is 1. The SMILES string of the molecule is CC(CCCN)C(=O)Nc1ccc2nccnc2c1. The molecule has 2 aromatic rings. The number of hydrogen-bond donors (Lipinski definition) is 2. The Morgan fingerprint density at radius 2 is 2.05 bits per heavy atom. The topological polar surface area (TPSA) is 80.9 Å². The molecular weight excluding hydrogens is 240 g/mol. The summed E-state index contributed by atoms with van der Waals surface area (Å²) in [5.41, 5.74) is 7.78. The lowest BCUT2D eigenvalue weighted by Crippen LogP contribution is -2.21. The van der Waals surface area contributed by atoms with Gasteiger partial charge in [-0.2, -0.15) is 0 Å². The highest BCUT2D eigenvalue weighted by Gasteiger charge is 2.12. The molecule has 0 fully saturated rings. The summed E-state index contributed by atoms with van der Waals surface area (Å²) in [5.74, 6) is -0.0298. The smallest absolute Gasteiger partial charge is 0.227 e. The van der Waals surface area contributed by atoms with Gasteiger partial charge in [-0.1, -0.05) is 6.92 Å². The number of carbonyl (C=O) groups is 1. The zero-order chi connectivity index (χ0) is 13.7. The third-order valence-corrected chi connectivity index (χ3v) is 3.03. The second-order valence-electron chi connectivity index (χ2n) is 4.58. The number of aromatic nitrogens is 2. The number of hydrogen-bond acceptors (Lipinski definition) is 4. The van der Waals surface area contributed by atoms with Gasteiger partial charge in [-0.3, -0.25) is 14.8 Å². The highest BCUT2D eigenvalue weighted by atomic mass is 16.1. The van der Waals surface area contributed by atoms with Gasteiger partial charge in [0.2, 0.25) is 5.91 Å². The largest absolute Gasteiger partial charge is 0.330 e. The molecule has 0 aliphatic heterocycles. The van der Waals surface area contributed by atoms with E-state index in [-0.39, 0.29) is 11.8 Å². The van der Waals surface area contributed by atoms with Crippen LogP contribution in [0.5, 0.6) is 0 Å².